The van der Waals surface area contributed by atoms with E-state index in [0.717, 1.165) is 5.56 Å². The average Bonchev–Trinajstić information content (AvgIpc) is 2.68. The monoisotopic (exact) mass is 382 g/mol. The molecule has 28 heavy (non-hydrogen) atoms. The van der Waals surface area contributed by atoms with Crippen molar-refractivity contribution in [3.63, 3.8) is 0 Å². The summed E-state index contributed by atoms with van der Waals surface area (Å²) in [5, 5.41) is 8.07. The third-order valence-electron chi connectivity index (χ3n) is 4.25. The smallest absolute Gasteiger partial charge is 0.255 e. The van der Waals surface area contributed by atoms with E-state index in [4.69, 9.17) is 5.73 Å². The van der Waals surface area contributed by atoms with Crippen molar-refractivity contribution in [2.75, 3.05) is 17.2 Å². The zero-order valence-corrected chi connectivity index (χ0v) is 16.3. The average molecular weight is 382 g/mol. The molecule has 0 aliphatic heterocycles. The van der Waals surface area contributed by atoms with Crippen LogP contribution in [0.4, 0.5) is 11.4 Å². The van der Waals surface area contributed by atoms with Crippen LogP contribution >= 0.6 is 0 Å². The van der Waals surface area contributed by atoms with Crippen LogP contribution in [0.1, 0.15) is 29.8 Å². The number of benzene rings is 2. The van der Waals surface area contributed by atoms with Gasteiger partial charge in [-0.25, -0.2) is 0 Å². The molecule has 0 heterocycles. The molecule has 0 unspecified atom stereocenters. The molecule has 2 rings (SSSR count). The molecule has 7 nitrogen and oxygen atoms in total. The zero-order chi connectivity index (χ0) is 20.7. The first kappa shape index (κ1) is 21.1. The first-order valence-corrected chi connectivity index (χ1v) is 9.08. The van der Waals surface area contributed by atoms with Crippen LogP contribution in [0.5, 0.6) is 0 Å². The number of carbonyl (C=O) groups is 3. The molecule has 1 atom stereocenters. The van der Waals surface area contributed by atoms with Crippen LogP contribution in [0.2, 0.25) is 0 Å². The molecule has 0 fully saturated rings. The highest BCUT2D eigenvalue weighted by Gasteiger charge is 2.18. The van der Waals surface area contributed by atoms with Crippen molar-refractivity contribution in [2.24, 2.45) is 11.7 Å². The molecular weight excluding hydrogens is 356 g/mol. The predicted molar refractivity (Wildman–Crippen MR) is 110 cm³/mol. The molecule has 0 radical (unpaired) electrons. The van der Waals surface area contributed by atoms with Crippen molar-refractivity contribution in [2.45, 2.75) is 26.8 Å². The Kier molecular flexibility index (Phi) is 7.28. The lowest BCUT2D eigenvalue weighted by molar-refractivity contribution is -0.125. The molecule has 2 aromatic rings. The summed E-state index contributed by atoms with van der Waals surface area (Å²) in [6, 6.07) is 13.4. The van der Waals surface area contributed by atoms with Gasteiger partial charge in [-0.15, -0.1) is 0 Å². The van der Waals surface area contributed by atoms with Crippen LogP contribution in [0.15, 0.2) is 48.5 Å². The SMILES string of the molecule is Cc1ccc(NC(=O)c2ccccc2)cc1NC(=O)CNC(=O)[C@@H](N)C(C)C. The van der Waals surface area contributed by atoms with Crippen LogP contribution in [0.25, 0.3) is 0 Å². The fourth-order valence-electron chi connectivity index (χ4n) is 2.41. The second-order valence-electron chi connectivity index (χ2n) is 6.89. The molecule has 7 heteroatoms. The Morgan fingerprint density at radius 2 is 1.68 bits per heavy atom. The van der Waals surface area contributed by atoms with Crippen LogP contribution in [-0.2, 0) is 9.59 Å². The van der Waals surface area contributed by atoms with Gasteiger partial charge in [-0.3, -0.25) is 14.4 Å². The van der Waals surface area contributed by atoms with Crippen molar-refractivity contribution in [3.8, 4) is 0 Å². The molecular formula is C21H26N4O3. The summed E-state index contributed by atoms with van der Waals surface area (Å²) >= 11 is 0. The van der Waals surface area contributed by atoms with Gasteiger partial charge < -0.3 is 21.7 Å². The summed E-state index contributed by atoms with van der Waals surface area (Å²) in [4.78, 5) is 36.3. The van der Waals surface area contributed by atoms with E-state index in [1.165, 1.54) is 0 Å². The topological polar surface area (TPSA) is 113 Å². The van der Waals surface area contributed by atoms with E-state index in [1.54, 1.807) is 42.5 Å². The van der Waals surface area contributed by atoms with Crippen LogP contribution in [-0.4, -0.2) is 30.3 Å². The van der Waals surface area contributed by atoms with Crippen molar-refractivity contribution in [1.29, 1.82) is 0 Å². The predicted octanol–water partition coefficient (Wildman–Crippen LogP) is 2.29. The van der Waals surface area contributed by atoms with Gasteiger partial charge in [0.05, 0.1) is 12.6 Å². The lowest BCUT2D eigenvalue weighted by atomic mass is 10.1. The Labute approximate surface area is 164 Å². The number of hydrogen-bond donors (Lipinski definition) is 4. The molecule has 0 aliphatic rings. The number of rotatable bonds is 7. The van der Waals surface area contributed by atoms with E-state index in [0.29, 0.717) is 16.9 Å². The van der Waals surface area contributed by atoms with Crippen molar-refractivity contribution in [1.82, 2.24) is 5.32 Å². The fraction of sp³-hybridized carbons (Fsp3) is 0.286. The highest BCUT2D eigenvalue weighted by Crippen LogP contribution is 2.21. The van der Waals surface area contributed by atoms with Gasteiger partial charge in [0.2, 0.25) is 11.8 Å². The van der Waals surface area contributed by atoms with Gasteiger partial charge in [-0.05, 0) is 42.7 Å². The molecule has 0 spiro atoms. The largest absolute Gasteiger partial charge is 0.346 e. The standard InChI is InChI=1S/C21H26N4O3/c1-13(2)19(22)21(28)23-12-18(26)25-17-11-16(10-9-14(17)3)24-20(27)15-7-5-4-6-8-15/h4-11,13,19H,12,22H2,1-3H3,(H,23,28)(H,24,27)(H,25,26)/t19-/m0/s1. The van der Waals surface area contributed by atoms with Crippen molar-refractivity contribution >= 4 is 29.1 Å². The van der Waals surface area contributed by atoms with E-state index in [9.17, 15) is 14.4 Å². The van der Waals surface area contributed by atoms with Crippen molar-refractivity contribution < 1.29 is 14.4 Å². The van der Waals surface area contributed by atoms with Crippen LogP contribution < -0.4 is 21.7 Å². The first-order chi connectivity index (χ1) is 13.3. The maximum atomic E-state index is 12.3. The van der Waals surface area contributed by atoms with Gasteiger partial charge >= 0.3 is 0 Å². The van der Waals surface area contributed by atoms with E-state index in [2.05, 4.69) is 16.0 Å². The summed E-state index contributed by atoms with van der Waals surface area (Å²) in [5.74, 6) is -1.00. The number of carbonyl (C=O) groups excluding carboxylic acids is 3. The molecule has 0 aromatic heterocycles. The molecule has 5 N–H and O–H groups in total. The maximum absolute atomic E-state index is 12.3. The quantitative estimate of drug-likeness (QED) is 0.588. The zero-order valence-electron chi connectivity index (χ0n) is 16.3. The summed E-state index contributed by atoms with van der Waals surface area (Å²) in [6.45, 7) is 5.33. The third-order valence-corrected chi connectivity index (χ3v) is 4.25. The Morgan fingerprint density at radius 1 is 1.00 bits per heavy atom. The maximum Gasteiger partial charge on any atom is 0.255 e. The summed E-state index contributed by atoms with van der Waals surface area (Å²) in [5.41, 5.74) is 8.23. The van der Waals surface area contributed by atoms with Gasteiger partial charge in [0.15, 0.2) is 0 Å². The van der Waals surface area contributed by atoms with E-state index >= 15 is 0 Å². The molecule has 0 saturated heterocycles. The third kappa shape index (κ3) is 5.92. The van der Waals surface area contributed by atoms with Gasteiger partial charge in [-0.1, -0.05) is 38.1 Å². The normalized spacial score (nSPS) is 11.6. The van der Waals surface area contributed by atoms with Gasteiger partial charge in [0.25, 0.3) is 5.91 Å². The van der Waals surface area contributed by atoms with Gasteiger partial charge in [0.1, 0.15) is 0 Å². The van der Waals surface area contributed by atoms with E-state index in [-0.39, 0.29) is 30.2 Å². The highest BCUT2D eigenvalue weighted by molar-refractivity contribution is 6.05. The summed E-state index contributed by atoms with van der Waals surface area (Å²) in [7, 11) is 0. The second kappa shape index (κ2) is 9.66. The Bertz CT molecular complexity index is 850. The number of nitrogens with one attached hydrogen (secondary N) is 3. The van der Waals surface area contributed by atoms with Crippen molar-refractivity contribution in [3.05, 3.63) is 59.7 Å². The lowest BCUT2D eigenvalue weighted by Crippen LogP contribution is -2.46. The number of hydrogen-bond acceptors (Lipinski definition) is 4. The Balaban J connectivity index is 1.98. The summed E-state index contributed by atoms with van der Waals surface area (Å²) < 4.78 is 0. The molecule has 148 valence electrons. The lowest BCUT2D eigenvalue weighted by Gasteiger charge is -2.16. The van der Waals surface area contributed by atoms with Gasteiger partial charge in [-0.2, -0.15) is 0 Å². The number of anilines is 2. The first-order valence-electron chi connectivity index (χ1n) is 9.08. The van der Waals surface area contributed by atoms with Crippen LogP contribution in [0.3, 0.4) is 0 Å². The number of aryl methyl sites for hydroxylation is 1. The van der Waals surface area contributed by atoms with E-state index in [1.807, 2.05) is 26.8 Å². The molecule has 0 aliphatic carbocycles. The minimum Gasteiger partial charge on any atom is -0.346 e. The fourth-order valence-corrected chi connectivity index (χ4v) is 2.41. The summed E-state index contributed by atoms with van der Waals surface area (Å²) in [6.07, 6.45) is 0. The van der Waals surface area contributed by atoms with Crippen LogP contribution in [0, 0.1) is 12.8 Å². The van der Waals surface area contributed by atoms with Gasteiger partial charge in [0, 0.05) is 16.9 Å². The molecule has 0 saturated carbocycles. The second-order valence-corrected chi connectivity index (χ2v) is 6.89. The minimum absolute atomic E-state index is 0.0183. The Morgan fingerprint density at radius 3 is 2.32 bits per heavy atom. The number of amides is 3. The minimum atomic E-state index is -0.661. The Hall–Kier alpha value is -3.19. The molecule has 3 amide bonds. The van der Waals surface area contributed by atoms with E-state index < -0.39 is 6.04 Å². The number of nitrogens with two attached hydrogens (primary N) is 1. The molecule has 0 bridgehead atoms. The highest BCUT2D eigenvalue weighted by atomic mass is 16.2. The molecule has 2 aromatic carbocycles.